The minimum absolute atomic E-state index is 0.290. The molecular weight excluding hydrogens is 615 g/mol. The average Bonchev–Trinajstić information content (AvgIpc) is 3.48. The van der Waals surface area contributed by atoms with Crippen LogP contribution in [0.1, 0.15) is 76.7 Å². The minimum Gasteiger partial charge on any atom is -0.478 e. The van der Waals surface area contributed by atoms with E-state index in [0.717, 1.165) is 46.1 Å². The van der Waals surface area contributed by atoms with Crippen molar-refractivity contribution in [2.45, 2.75) is 62.1 Å². The van der Waals surface area contributed by atoms with Crippen LogP contribution in [0.15, 0.2) is 102 Å². The molecule has 0 saturated carbocycles. The molecule has 5 rings (SSSR count). The van der Waals surface area contributed by atoms with Crippen molar-refractivity contribution in [3.05, 3.63) is 125 Å². The highest BCUT2D eigenvalue weighted by atomic mass is 32.2. The van der Waals surface area contributed by atoms with Crippen LogP contribution in [0.4, 0.5) is 0 Å². The van der Waals surface area contributed by atoms with E-state index < -0.39 is 11.9 Å². The lowest BCUT2D eigenvalue weighted by Gasteiger charge is -2.08. The first-order chi connectivity index (χ1) is 22.4. The molecule has 236 valence electrons. The SMILES string of the molecule is CCCCCCCc1nc(SCc2ccc(-c3ccccc3C(=O)O)cc2)nn1SCc1ccc(-c2ccccc2C(=O)O)cc1. The van der Waals surface area contributed by atoms with Crippen molar-refractivity contribution in [1.82, 2.24) is 14.2 Å². The van der Waals surface area contributed by atoms with Gasteiger partial charge in [-0.1, -0.05) is 129 Å². The molecule has 4 aromatic carbocycles. The second kappa shape index (κ2) is 16.3. The first-order valence-electron chi connectivity index (χ1n) is 15.5. The Bertz CT molecular complexity index is 1770. The largest absolute Gasteiger partial charge is 0.478 e. The van der Waals surface area contributed by atoms with Gasteiger partial charge in [0.2, 0.25) is 5.16 Å². The van der Waals surface area contributed by atoms with Crippen LogP contribution >= 0.6 is 23.7 Å². The van der Waals surface area contributed by atoms with Gasteiger partial charge < -0.3 is 10.2 Å². The van der Waals surface area contributed by atoms with Crippen LogP contribution in [-0.2, 0) is 17.9 Å². The first kappa shape index (κ1) is 33.0. The number of rotatable bonds is 16. The van der Waals surface area contributed by atoms with Crippen molar-refractivity contribution < 1.29 is 19.8 Å². The van der Waals surface area contributed by atoms with Gasteiger partial charge in [0.15, 0.2) is 0 Å². The Hall–Kier alpha value is -4.34. The number of aromatic nitrogens is 3. The Kier molecular flexibility index (Phi) is 11.7. The molecule has 0 radical (unpaired) electrons. The van der Waals surface area contributed by atoms with Gasteiger partial charge in [-0.05, 0) is 63.9 Å². The molecule has 0 spiro atoms. The maximum atomic E-state index is 11.7. The fourth-order valence-electron chi connectivity index (χ4n) is 5.20. The lowest BCUT2D eigenvalue weighted by molar-refractivity contribution is 0.0687. The topological polar surface area (TPSA) is 105 Å². The number of hydrogen-bond donors (Lipinski definition) is 2. The van der Waals surface area contributed by atoms with Gasteiger partial charge in [-0.3, -0.25) is 0 Å². The van der Waals surface area contributed by atoms with Crippen LogP contribution in [0.2, 0.25) is 0 Å². The number of aromatic carboxylic acids is 2. The van der Waals surface area contributed by atoms with E-state index in [1.165, 1.54) is 25.7 Å². The summed E-state index contributed by atoms with van der Waals surface area (Å²) in [4.78, 5) is 28.2. The maximum absolute atomic E-state index is 11.7. The minimum atomic E-state index is -0.936. The number of aryl methyl sites for hydroxylation is 1. The molecule has 46 heavy (non-hydrogen) atoms. The standard InChI is InChI=1S/C37H37N3O4S2/c1-2-3-4-5-6-15-34-38-37(45-24-26-16-20-28(21-17-26)30-11-7-9-13-32(30)35(41)42)39-40(34)46-25-27-18-22-29(23-19-27)31-12-8-10-14-33(31)36(43)44/h7-14,16-23H,2-6,15,24-25H2,1H3,(H,41,42)(H,43,44). The van der Waals surface area contributed by atoms with Crippen LogP contribution in [0.5, 0.6) is 0 Å². The molecule has 0 aliphatic heterocycles. The second-order valence-corrected chi connectivity index (χ2v) is 12.8. The second-order valence-electron chi connectivity index (χ2n) is 11.0. The molecule has 1 heterocycles. The van der Waals surface area contributed by atoms with Crippen LogP contribution in [0, 0.1) is 0 Å². The van der Waals surface area contributed by atoms with Crippen LogP contribution in [0.3, 0.4) is 0 Å². The number of hydrogen-bond acceptors (Lipinski definition) is 6. The van der Waals surface area contributed by atoms with E-state index in [0.29, 0.717) is 33.8 Å². The van der Waals surface area contributed by atoms with E-state index in [1.807, 2.05) is 76.9 Å². The fraction of sp³-hybridized carbons (Fsp3) is 0.243. The molecule has 5 aromatic rings. The molecule has 0 bridgehead atoms. The van der Waals surface area contributed by atoms with Crippen molar-refractivity contribution in [2.24, 2.45) is 0 Å². The summed E-state index contributed by atoms with van der Waals surface area (Å²) in [6.45, 7) is 2.22. The number of carbonyl (C=O) groups is 2. The summed E-state index contributed by atoms with van der Waals surface area (Å²) < 4.78 is 1.96. The van der Waals surface area contributed by atoms with E-state index in [2.05, 4.69) is 6.92 Å². The van der Waals surface area contributed by atoms with Gasteiger partial charge in [0.1, 0.15) is 5.82 Å². The van der Waals surface area contributed by atoms with Crippen molar-refractivity contribution in [3.8, 4) is 22.3 Å². The lowest BCUT2D eigenvalue weighted by atomic mass is 9.99. The van der Waals surface area contributed by atoms with Crippen LogP contribution < -0.4 is 0 Å². The van der Waals surface area contributed by atoms with Gasteiger partial charge >= 0.3 is 11.9 Å². The zero-order valence-corrected chi connectivity index (χ0v) is 27.4. The van der Waals surface area contributed by atoms with E-state index in [-0.39, 0.29) is 0 Å². The molecular formula is C37H37N3O4S2. The quantitative estimate of drug-likeness (QED) is 0.0803. The van der Waals surface area contributed by atoms with E-state index in [1.54, 1.807) is 48.0 Å². The van der Waals surface area contributed by atoms with Gasteiger partial charge in [0.05, 0.1) is 11.1 Å². The molecule has 1 aromatic heterocycles. The molecule has 7 nitrogen and oxygen atoms in total. The van der Waals surface area contributed by atoms with E-state index >= 15 is 0 Å². The van der Waals surface area contributed by atoms with Gasteiger partial charge in [-0.2, -0.15) is 4.09 Å². The average molecular weight is 652 g/mol. The molecule has 0 amide bonds. The summed E-state index contributed by atoms with van der Waals surface area (Å²) in [5.41, 5.74) is 5.96. The number of carboxylic acid groups (broad SMARTS) is 2. The van der Waals surface area contributed by atoms with Gasteiger partial charge in [0, 0.05) is 17.9 Å². The molecule has 0 unspecified atom stereocenters. The molecule has 0 aliphatic rings. The number of nitrogens with zero attached hydrogens (tertiary/aromatic N) is 3. The molecule has 0 fully saturated rings. The number of carboxylic acids is 2. The maximum Gasteiger partial charge on any atom is 0.336 e. The molecule has 0 aliphatic carbocycles. The molecule has 2 N–H and O–H groups in total. The summed E-state index contributed by atoms with van der Waals surface area (Å²) in [7, 11) is 0. The Labute approximate surface area is 278 Å². The monoisotopic (exact) mass is 651 g/mol. The van der Waals surface area contributed by atoms with E-state index in [4.69, 9.17) is 10.1 Å². The third kappa shape index (κ3) is 8.68. The van der Waals surface area contributed by atoms with Crippen molar-refractivity contribution >= 4 is 35.6 Å². The van der Waals surface area contributed by atoms with Gasteiger partial charge in [-0.25, -0.2) is 14.6 Å². The zero-order chi connectivity index (χ0) is 32.3. The Morgan fingerprint density at radius 3 is 1.74 bits per heavy atom. The fourth-order valence-corrected chi connectivity index (χ4v) is 6.93. The third-order valence-electron chi connectivity index (χ3n) is 7.69. The van der Waals surface area contributed by atoms with E-state index in [9.17, 15) is 19.8 Å². The summed E-state index contributed by atoms with van der Waals surface area (Å²) in [5.74, 6) is 0.503. The first-order valence-corrected chi connectivity index (χ1v) is 17.4. The van der Waals surface area contributed by atoms with Gasteiger partial charge in [-0.15, -0.1) is 5.10 Å². The Morgan fingerprint density at radius 2 is 1.20 bits per heavy atom. The van der Waals surface area contributed by atoms with Crippen LogP contribution in [-0.4, -0.2) is 36.3 Å². The number of benzene rings is 4. The van der Waals surface area contributed by atoms with Gasteiger partial charge in [0.25, 0.3) is 0 Å². The summed E-state index contributed by atoms with van der Waals surface area (Å²) in [5, 5.41) is 24.7. The third-order valence-corrected chi connectivity index (χ3v) is 9.60. The smallest absolute Gasteiger partial charge is 0.336 e. The molecule has 9 heteroatoms. The summed E-state index contributed by atoms with van der Waals surface area (Å²) in [6.07, 6.45) is 6.79. The Balaban J connectivity index is 1.25. The lowest BCUT2D eigenvalue weighted by Crippen LogP contribution is -2.00. The van der Waals surface area contributed by atoms with Crippen molar-refractivity contribution in [1.29, 1.82) is 0 Å². The number of unbranched alkanes of at least 4 members (excludes halogenated alkanes) is 4. The highest BCUT2D eigenvalue weighted by Gasteiger charge is 2.14. The normalized spacial score (nSPS) is 11.1. The summed E-state index contributed by atoms with van der Waals surface area (Å²) >= 11 is 3.20. The zero-order valence-electron chi connectivity index (χ0n) is 25.8. The van der Waals surface area contributed by atoms with Crippen LogP contribution in [0.25, 0.3) is 22.3 Å². The predicted octanol–water partition coefficient (Wildman–Crippen LogP) is 9.51. The predicted molar refractivity (Wildman–Crippen MR) is 186 cm³/mol. The summed E-state index contributed by atoms with van der Waals surface area (Å²) in [6, 6.07) is 30.1. The highest BCUT2D eigenvalue weighted by Crippen LogP contribution is 2.29. The van der Waals surface area contributed by atoms with Crippen molar-refractivity contribution in [3.63, 3.8) is 0 Å². The number of thioether (sulfide) groups is 1. The molecule has 0 saturated heterocycles. The highest BCUT2D eigenvalue weighted by molar-refractivity contribution is 7.98. The molecule has 0 atom stereocenters. The van der Waals surface area contributed by atoms with Crippen molar-refractivity contribution in [2.75, 3.05) is 0 Å². The Morgan fingerprint density at radius 1 is 0.674 bits per heavy atom.